The first-order valence-electron chi connectivity index (χ1n) is 8.20. The molecule has 8 heteroatoms. The molecule has 0 saturated heterocycles. The van der Waals surface area contributed by atoms with Crippen molar-refractivity contribution in [2.75, 3.05) is 5.32 Å². The minimum absolute atomic E-state index is 0.0575. The number of anilines is 1. The number of hydrogen-bond donors (Lipinski definition) is 2. The molecule has 27 heavy (non-hydrogen) atoms. The minimum Gasteiger partial charge on any atom is -0.322 e. The molecule has 0 bridgehead atoms. The van der Waals surface area contributed by atoms with E-state index in [1.165, 1.54) is 12.1 Å². The van der Waals surface area contributed by atoms with Crippen LogP contribution in [0.25, 0.3) is 0 Å². The van der Waals surface area contributed by atoms with Crippen LogP contribution in [0.5, 0.6) is 0 Å². The lowest BCUT2D eigenvalue weighted by Gasteiger charge is -2.19. The summed E-state index contributed by atoms with van der Waals surface area (Å²) < 4.78 is 39.1. The van der Waals surface area contributed by atoms with Gasteiger partial charge in [0.25, 0.3) is 5.91 Å². The molecule has 1 heterocycles. The van der Waals surface area contributed by atoms with Crippen LogP contribution in [0.15, 0.2) is 53.6 Å². The van der Waals surface area contributed by atoms with E-state index in [0.29, 0.717) is 17.8 Å². The third-order valence-corrected chi connectivity index (χ3v) is 4.18. The van der Waals surface area contributed by atoms with Crippen molar-refractivity contribution in [1.29, 1.82) is 0 Å². The van der Waals surface area contributed by atoms with Gasteiger partial charge in [-0.2, -0.15) is 18.3 Å². The maximum atomic E-state index is 13.0. The fourth-order valence-electron chi connectivity index (χ4n) is 2.85. The first kappa shape index (κ1) is 18.6. The number of amides is 2. The molecule has 0 saturated carbocycles. The Morgan fingerprint density at radius 1 is 1.15 bits per heavy atom. The molecule has 5 nitrogen and oxygen atoms in total. The van der Waals surface area contributed by atoms with Gasteiger partial charge in [-0.1, -0.05) is 31.2 Å². The Bertz CT molecular complexity index is 905. The van der Waals surface area contributed by atoms with E-state index in [9.17, 15) is 22.8 Å². The first-order chi connectivity index (χ1) is 12.8. The molecule has 1 aliphatic rings. The smallest absolute Gasteiger partial charge is 0.322 e. The number of alkyl halides is 3. The number of benzene rings is 2. The number of nitrogens with one attached hydrogen (secondary N) is 2. The van der Waals surface area contributed by atoms with Gasteiger partial charge in [0.05, 0.1) is 16.8 Å². The van der Waals surface area contributed by atoms with Gasteiger partial charge in [-0.3, -0.25) is 9.59 Å². The topological polar surface area (TPSA) is 70.6 Å². The highest BCUT2D eigenvalue weighted by molar-refractivity contribution is 6.07. The van der Waals surface area contributed by atoms with Gasteiger partial charge in [0.15, 0.2) is 0 Å². The van der Waals surface area contributed by atoms with Crippen LogP contribution in [-0.4, -0.2) is 17.5 Å². The molecule has 1 aliphatic heterocycles. The third kappa shape index (κ3) is 4.16. The summed E-state index contributed by atoms with van der Waals surface area (Å²) in [5, 5.41) is 6.51. The van der Waals surface area contributed by atoms with Crippen molar-refractivity contribution >= 4 is 23.2 Å². The molecule has 3 rings (SSSR count). The van der Waals surface area contributed by atoms with Crippen molar-refractivity contribution in [1.82, 2.24) is 5.43 Å². The molecule has 1 atom stereocenters. The summed E-state index contributed by atoms with van der Waals surface area (Å²) in [4.78, 5) is 23.6. The number of carbonyl (C=O) groups excluding carboxylic acids is 2. The van der Waals surface area contributed by atoms with Gasteiger partial charge in [-0.05, 0) is 29.8 Å². The molecule has 2 aromatic rings. The minimum atomic E-state index is -4.61. The lowest BCUT2D eigenvalue weighted by atomic mass is 9.94. The van der Waals surface area contributed by atoms with Crippen LogP contribution in [0.4, 0.5) is 18.9 Å². The van der Waals surface area contributed by atoms with E-state index in [1.807, 2.05) is 6.92 Å². The van der Waals surface area contributed by atoms with Crippen LogP contribution >= 0.6 is 0 Å². The predicted molar refractivity (Wildman–Crippen MR) is 94.3 cm³/mol. The van der Waals surface area contributed by atoms with E-state index in [1.54, 1.807) is 24.3 Å². The number of nitrogens with zero attached hydrogens (tertiary/aromatic N) is 1. The Labute approximate surface area is 153 Å². The third-order valence-electron chi connectivity index (χ3n) is 4.18. The van der Waals surface area contributed by atoms with Crippen LogP contribution in [0, 0.1) is 5.92 Å². The standard InChI is InChI=1S/C19H16F3N3O2/c1-11-10-16(26)24-25-17(11)12-6-8-13(9-7-12)23-18(27)14-4-2-3-5-15(14)19(20,21)22/h2-9,11H,10H2,1H3,(H,23,27)(H,24,26)/t11-/m1/s1. The van der Waals surface area contributed by atoms with Crippen molar-refractivity contribution in [3.8, 4) is 0 Å². The van der Waals surface area contributed by atoms with Gasteiger partial charge < -0.3 is 5.32 Å². The van der Waals surface area contributed by atoms with Crippen LogP contribution < -0.4 is 10.7 Å². The second-order valence-electron chi connectivity index (χ2n) is 6.21. The van der Waals surface area contributed by atoms with Gasteiger partial charge in [0.2, 0.25) is 5.91 Å². The Hall–Kier alpha value is -3.16. The van der Waals surface area contributed by atoms with Crippen molar-refractivity contribution in [3.05, 3.63) is 65.2 Å². The van der Waals surface area contributed by atoms with E-state index in [-0.39, 0.29) is 11.8 Å². The molecule has 2 aromatic carbocycles. The van der Waals surface area contributed by atoms with Gasteiger partial charge in [0, 0.05) is 18.0 Å². The zero-order valence-corrected chi connectivity index (χ0v) is 14.3. The lowest BCUT2D eigenvalue weighted by molar-refractivity contribution is -0.137. The molecule has 0 spiro atoms. The second-order valence-corrected chi connectivity index (χ2v) is 6.21. The Morgan fingerprint density at radius 2 is 1.81 bits per heavy atom. The van der Waals surface area contributed by atoms with Crippen LogP contribution in [0.2, 0.25) is 0 Å². The highest BCUT2D eigenvalue weighted by Gasteiger charge is 2.34. The number of rotatable bonds is 3. The Kier molecular flexibility index (Phi) is 4.98. The number of carbonyl (C=O) groups is 2. The molecule has 2 amide bonds. The molecule has 0 aromatic heterocycles. The molecular weight excluding hydrogens is 359 g/mol. The fourth-order valence-corrected chi connectivity index (χ4v) is 2.85. The van der Waals surface area contributed by atoms with Gasteiger partial charge in [-0.15, -0.1) is 0 Å². The van der Waals surface area contributed by atoms with Gasteiger partial charge in [-0.25, -0.2) is 5.43 Å². The normalized spacial score (nSPS) is 17.1. The van der Waals surface area contributed by atoms with E-state index < -0.39 is 23.2 Å². The maximum Gasteiger partial charge on any atom is 0.417 e. The lowest BCUT2D eigenvalue weighted by Crippen LogP contribution is -2.31. The van der Waals surface area contributed by atoms with Gasteiger partial charge >= 0.3 is 6.18 Å². The van der Waals surface area contributed by atoms with E-state index in [0.717, 1.165) is 17.7 Å². The molecule has 0 fully saturated rings. The molecular formula is C19H16F3N3O2. The predicted octanol–water partition coefficient (Wildman–Crippen LogP) is 3.82. The van der Waals surface area contributed by atoms with E-state index >= 15 is 0 Å². The quantitative estimate of drug-likeness (QED) is 0.856. The van der Waals surface area contributed by atoms with Crippen molar-refractivity contribution in [3.63, 3.8) is 0 Å². The van der Waals surface area contributed by atoms with E-state index in [2.05, 4.69) is 15.8 Å². The summed E-state index contributed by atoms with van der Waals surface area (Å²) in [5.74, 6) is -1.05. The van der Waals surface area contributed by atoms with Crippen LogP contribution in [0.1, 0.15) is 34.8 Å². The number of hydrazone groups is 1. The summed E-state index contributed by atoms with van der Waals surface area (Å²) in [6.07, 6.45) is -4.29. The average Bonchev–Trinajstić information content (AvgIpc) is 2.62. The van der Waals surface area contributed by atoms with Crippen LogP contribution in [0.3, 0.4) is 0 Å². The second kappa shape index (κ2) is 7.22. The summed E-state index contributed by atoms with van der Waals surface area (Å²) in [6.45, 7) is 1.88. The fraction of sp³-hybridized carbons (Fsp3) is 0.211. The molecule has 0 unspecified atom stereocenters. The van der Waals surface area contributed by atoms with Crippen LogP contribution in [-0.2, 0) is 11.0 Å². The molecule has 2 N–H and O–H groups in total. The summed E-state index contributed by atoms with van der Waals surface area (Å²) in [5.41, 5.74) is 2.81. The summed E-state index contributed by atoms with van der Waals surface area (Å²) in [6, 6.07) is 11.2. The van der Waals surface area contributed by atoms with E-state index in [4.69, 9.17) is 0 Å². The average molecular weight is 375 g/mol. The number of hydrogen-bond acceptors (Lipinski definition) is 3. The highest BCUT2D eigenvalue weighted by atomic mass is 19.4. The molecule has 0 radical (unpaired) electrons. The zero-order valence-electron chi connectivity index (χ0n) is 14.3. The molecule has 140 valence electrons. The summed E-state index contributed by atoms with van der Waals surface area (Å²) in [7, 11) is 0. The highest BCUT2D eigenvalue weighted by Crippen LogP contribution is 2.32. The van der Waals surface area contributed by atoms with Crippen molar-refractivity contribution in [2.24, 2.45) is 11.0 Å². The summed E-state index contributed by atoms with van der Waals surface area (Å²) >= 11 is 0. The monoisotopic (exact) mass is 375 g/mol. The SMILES string of the molecule is C[C@@H]1CC(=O)NN=C1c1ccc(NC(=O)c2ccccc2C(F)(F)F)cc1. The number of halogens is 3. The molecule has 0 aliphatic carbocycles. The zero-order chi connectivity index (χ0) is 19.6. The van der Waals surface area contributed by atoms with Crippen molar-refractivity contribution in [2.45, 2.75) is 19.5 Å². The van der Waals surface area contributed by atoms with Gasteiger partial charge in [0.1, 0.15) is 0 Å². The maximum absolute atomic E-state index is 13.0. The van der Waals surface area contributed by atoms with Crippen molar-refractivity contribution < 1.29 is 22.8 Å². The first-order valence-corrected chi connectivity index (χ1v) is 8.20. The Morgan fingerprint density at radius 3 is 2.44 bits per heavy atom. The largest absolute Gasteiger partial charge is 0.417 e. The Balaban J connectivity index is 1.78.